The van der Waals surface area contributed by atoms with Crippen molar-refractivity contribution in [1.82, 2.24) is 4.90 Å². The predicted octanol–water partition coefficient (Wildman–Crippen LogP) is 4.91. The second-order valence-electron chi connectivity index (χ2n) is 15.3. The molecule has 0 aromatic heterocycles. The number of aliphatic hydroxyl groups is 2. The van der Waals surface area contributed by atoms with Gasteiger partial charge in [0.25, 0.3) is 17.6 Å². The van der Waals surface area contributed by atoms with Crippen molar-refractivity contribution in [3.63, 3.8) is 0 Å². The molecule has 3 heterocycles. The Balaban J connectivity index is 0.00000930. The van der Waals surface area contributed by atoms with Crippen LogP contribution in [0.25, 0.3) is 10.8 Å². The summed E-state index contributed by atoms with van der Waals surface area (Å²) >= 11 is 0. The van der Waals surface area contributed by atoms with E-state index in [1.165, 1.54) is 59.3 Å². The molecule has 0 spiro atoms. The van der Waals surface area contributed by atoms with Crippen LogP contribution in [-0.2, 0) is 28.6 Å². The molecule has 3 aliphatic rings. The number of benzene rings is 2. The molecule has 59 heavy (non-hydrogen) atoms. The largest absolute Gasteiger partial charge is 0.507 e. The number of phenolic OH excluding ortho intramolecular Hbond substituents is 2. The molecule has 1 radical (unpaired) electrons. The minimum absolute atomic E-state index is 0. The quantitative estimate of drug-likeness (QED) is 0.143. The van der Waals surface area contributed by atoms with Gasteiger partial charge in [0.05, 0.1) is 41.2 Å². The second kappa shape index (κ2) is 20.4. The van der Waals surface area contributed by atoms with Crippen LogP contribution < -0.4 is 14.8 Å². The molecule has 319 valence electrons. The molecule has 15 nitrogen and oxygen atoms in total. The number of aromatic hydroxyl groups is 2. The zero-order chi connectivity index (χ0) is 43.4. The van der Waals surface area contributed by atoms with E-state index in [1.807, 2.05) is 13.8 Å². The van der Waals surface area contributed by atoms with Gasteiger partial charge in [0.2, 0.25) is 0 Å². The van der Waals surface area contributed by atoms with Crippen molar-refractivity contribution in [2.45, 2.75) is 99.4 Å². The van der Waals surface area contributed by atoms with E-state index >= 15 is 0 Å². The summed E-state index contributed by atoms with van der Waals surface area (Å²) in [4.78, 5) is 54.9. The number of rotatable bonds is 7. The van der Waals surface area contributed by atoms with Gasteiger partial charge in [0.15, 0.2) is 12.4 Å². The van der Waals surface area contributed by atoms with Crippen LogP contribution in [0.5, 0.6) is 23.0 Å². The summed E-state index contributed by atoms with van der Waals surface area (Å²) in [5.41, 5.74) is -0.00860. The number of Topliss-reactive ketones (excluding diaryl/α,β-unsaturated/α-hetero) is 1. The number of anilines is 1. The van der Waals surface area contributed by atoms with E-state index in [0.717, 1.165) is 0 Å². The Bertz CT molecular complexity index is 1990. The number of fused-ring (bicyclic) bond motifs is 14. The molecule has 5 bridgehead atoms. The number of allylic oxidation sites excluding steroid dienone is 2. The number of esters is 1. The topological polar surface area (TPSA) is 211 Å². The Labute approximate surface area is 367 Å². The number of carbonyl (C=O) groups excluding carboxylic acids is 4. The van der Waals surface area contributed by atoms with Crippen LogP contribution in [0.15, 0.2) is 42.2 Å². The molecule has 9 atom stereocenters. The maximum atomic E-state index is 14.4. The number of ketones is 1. The van der Waals surface area contributed by atoms with Crippen molar-refractivity contribution in [3.8, 4) is 23.0 Å². The molecule has 9 unspecified atom stereocenters. The van der Waals surface area contributed by atoms with E-state index in [2.05, 4.69) is 5.32 Å². The van der Waals surface area contributed by atoms with Gasteiger partial charge in [-0.2, -0.15) is 0 Å². The normalized spacial score (nSPS) is 27.6. The standard InChI is InChI=1S/C43H58N2O13.Na/c1-12-45(13-2)31(47)20-55-30-19-28-38(51)33-32(30)34-40(26(8)37(33)50)58-43(10,41(34)52)56-18-17-29(54-11)23(5)39(57-27(9)46)25(7)36(49)24(6)35(48)21(3)15-14-16-22(4)42(53)44-28;/h14-19,21,23-25,29,35-36,39,48-51H,12-13,20H2,1-11H3,(H,44,53);. The maximum absolute atomic E-state index is 14.4. The number of aliphatic hydroxyl groups excluding tert-OH is 2. The molecule has 5 rings (SSSR count). The summed E-state index contributed by atoms with van der Waals surface area (Å²) in [7, 11) is 1.44. The smallest absolute Gasteiger partial charge is 0.312 e. The third-order valence-corrected chi connectivity index (χ3v) is 11.3. The van der Waals surface area contributed by atoms with Crippen molar-refractivity contribution >= 4 is 69.6 Å². The van der Waals surface area contributed by atoms with Crippen LogP contribution in [0.1, 0.15) is 78.2 Å². The Morgan fingerprint density at radius 3 is 2.19 bits per heavy atom. The van der Waals surface area contributed by atoms with Crippen molar-refractivity contribution in [1.29, 1.82) is 0 Å². The molecule has 5 N–H and O–H groups in total. The molecule has 0 fully saturated rings. The molecule has 0 aliphatic carbocycles. The first-order valence-electron chi connectivity index (χ1n) is 19.5. The fourth-order valence-corrected chi connectivity index (χ4v) is 7.56. The van der Waals surface area contributed by atoms with Gasteiger partial charge < -0.3 is 54.3 Å². The minimum Gasteiger partial charge on any atom is -0.507 e. The van der Waals surface area contributed by atoms with E-state index in [4.69, 9.17) is 23.7 Å². The van der Waals surface area contributed by atoms with Crippen molar-refractivity contribution in [2.75, 3.05) is 32.1 Å². The Morgan fingerprint density at radius 2 is 1.59 bits per heavy atom. The molecule has 0 saturated carbocycles. The van der Waals surface area contributed by atoms with Gasteiger partial charge in [0.1, 0.15) is 23.4 Å². The number of hydrogen-bond donors (Lipinski definition) is 5. The number of nitrogens with zero attached hydrogens (tertiary/aromatic N) is 1. The number of methoxy groups -OCH3 is 1. The molecular formula is C43H58N2NaO13. The van der Waals surface area contributed by atoms with Crippen LogP contribution in [0.2, 0.25) is 0 Å². The summed E-state index contributed by atoms with van der Waals surface area (Å²) in [6, 6.07) is 1.27. The van der Waals surface area contributed by atoms with Gasteiger partial charge in [-0.25, -0.2) is 0 Å². The van der Waals surface area contributed by atoms with E-state index in [1.54, 1.807) is 44.7 Å². The summed E-state index contributed by atoms with van der Waals surface area (Å²) in [5.74, 6) is -8.01. The first-order valence-corrected chi connectivity index (χ1v) is 19.5. The van der Waals surface area contributed by atoms with Crippen molar-refractivity contribution in [3.05, 3.63) is 53.3 Å². The number of hydrogen-bond acceptors (Lipinski definition) is 13. The number of carbonyl (C=O) groups is 4. The monoisotopic (exact) mass is 833 g/mol. The van der Waals surface area contributed by atoms with Gasteiger partial charge in [-0.15, -0.1) is 0 Å². The predicted molar refractivity (Wildman–Crippen MR) is 221 cm³/mol. The number of ether oxygens (including phenoxy) is 5. The zero-order valence-electron chi connectivity index (χ0n) is 36.1. The van der Waals surface area contributed by atoms with Gasteiger partial charge in [-0.1, -0.05) is 45.9 Å². The van der Waals surface area contributed by atoms with Gasteiger partial charge >= 0.3 is 11.8 Å². The number of likely N-dealkylation sites (N-methyl/N-ethyl adjacent to an activating group) is 1. The summed E-state index contributed by atoms with van der Waals surface area (Å²) in [6.45, 7) is 16.5. The molecule has 0 saturated heterocycles. The molecule has 2 aromatic rings. The van der Waals surface area contributed by atoms with E-state index < -0.39 is 89.6 Å². The fourth-order valence-electron chi connectivity index (χ4n) is 7.56. The SMILES string of the molecule is CCN(CC)C(=O)COc1cc2c(O)c3c(O)c(C)c4c(c13)C(=O)C(C)(OC=CC(OC)C(C)C(OC(C)=O)C(C)C(O)C(C)C(O)C(C)C=CC=C(C)C(=O)N2)O4.[Na]. The molecule has 2 amide bonds. The average Bonchev–Trinajstić information content (AvgIpc) is 3.45. The van der Waals surface area contributed by atoms with Crippen molar-refractivity contribution in [2.24, 2.45) is 23.7 Å². The van der Waals surface area contributed by atoms with Crippen LogP contribution in [0.4, 0.5) is 5.69 Å². The van der Waals surface area contributed by atoms with E-state index in [0.29, 0.717) is 13.1 Å². The summed E-state index contributed by atoms with van der Waals surface area (Å²) < 4.78 is 29.7. The van der Waals surface area contributed by atoms with Crippen LogP contribution in [0, 0.1) is 30.6 Å². The van der Waals surface area contributed by atoms with E-state index in [-0.39, 0.29) is 80.1 Å². The Kier molecular flexibility index (Phi) is 17.1. The second-order valence-corrected chi connectivity index (χ2v) is 15.3. The van der Waals surface area contributed by atoms with Gasteiger partial charge in [-0.3, -0.25) is 19.2 Å². The third-order valence-electron chi connectivity index (χ3n) is 11.3. The first kappa shape index (κ1) is 49.2. The molecular weight excluding hydrogens is 775 g/mol. The van der Waals surface area contributed by atoms with Crippen LogP contribution in [0.3, 0.4) is 0 Å². The number of phenols is 2. The maximum Gasteiger partial charge on any atom is 0.312 e. The summed E-state index contributed by atoms with van der Waals surface area (Å²) in [6.07, 6.45) is 3.60. The fraction of sp³-hybridized carbons (Fsp3) is 0.535. The van der Waals surface area contributed by atoms with E-state index in [9.17, 15) is 39.6 Å². The van der Waals surface area contributed by atoms with Gasteiger partial charge in [-0.05, 0) is 33.8 Å². The molecule has 16 heteroatoms. The third kappa shape index (κ3) is 10.3. The zero-order valence-corrected chi connectivity index (χ0v) is 38.1. The number of amides is 2. The van der Waals surface area contributed by atoms with Crippen LogP contribution in [-0.4, -0.2) is 135 Å². The van der Waals surface area contributed by atoms with Crippen molar-refractivity contribution < 1.29 is 63.3 Å². The first-order chi connectivity index (χ1) is 27.2. The Hall–Kier alpha value is -4.12. The molecule has 3 aliphatic heterocycles. The molecule has 2 aromatic carbocycles. The van der Waals surface area contributed by atoms with Crippen LogP contribution >= 0.6 is 0 Å². The average molecular weight is 834 g/mol. The van der Waals surface area contributed by atoms with Gasteiger partial charge in [0, 0.05) is 110 Å². The summed E-state index contributed by atoms with van der Waals surface area (Å²) in [5, 5.41) is 48.4. The Morgan fingerprint density at radius 1 is 0.949 bits per heavy atom. The number of nitrogens with one attached hydrogen (secondary N) is 1. The minimum atomic E-state index is -2.02.